The number of nitrogens with zero attached hydrogens (tertiary/aromatic N) is 3. The van der Waals surface area contributed by atoms with E-state index in [1.54, 1.807) is 29.9 Å². The fourth-order valence-electron chi connectivity index (χ4n) is 3.95. The van der Waals surface area contributed by atoms with Gasteiger partial charge in [0.25, 0.3) is 0 Å². The Kier molecular flexibility index (Phi) is 6.52. The molecular formula is C22H26N4O6. The Bertz CT molecular complexity index is 1080. The van der Waals surface area contributed by atoms with E-state index in [1.165, 1.54) is 20.1 Å². The summed E-state index contributed by atoms with van der Waals surface area (Å²) >= 11 is 0. The summed E-state index contributed by atoms with van der Waals surface area (Å²) in [6, 6.07) is 6.87. The number of amides is 2. The van der Waals surface area contributed by atoms with Crippen LogP contribution in [0.15, 0.2) is 24.3 Å². The first-order valence-corrected chi connectivity index (χ1v) is 9.96. The molecule has 0 aromatic heterocycles. The monoisotopic (exact) mass is 442 g/mol. The smallest absolute Gasteiger partial charge is 0.311 e. The molecule has 0 aliphatic carbocycles. The lowest BCUT2D eigenvalue weighted by Crippen LogP contribution is -2.21. The van der Waals surface area contributed by atoms with Crippen LogP contribution < -0.4 is 15.2 Å². The van der Waals surface area contributed by atoms with Crippen molar-refractivity contribution in [3.63, 3.8) is 0 Å². The van der Waals surface area contributed by atoms with E-state index >= 15 is 0 Å². The Hall–Kier alpha value is -3.82. The molecule has 0 unspecified atom stereocenters. The Morgan fingerprint density at radius 1 is 0.875 bits per heavy atom. The van der Waals surface area contributed by atoms with Crippen LogP contribution in [0.5, 0.6) is 11.5 Å². The number of anilines is 1. The van der Waals surface area contributed by atoms with Crippen molar-refractivity contribution in [2.24, 2.45) is 0 Å². The van der Waals surface area contributed by atoms with Gasteiger partial charge in [-0.05, 0) is 23.3 Å². The van der Waals surface area contributed by atoms with Gasteiger partial charge in [-0.25, -0.2) is 0 Å². The molecule has 0 spiro atoms. The highest BCUT2D eigenvalue weighted by Crippen LogP contribution is 2.38. The molecular weight excluding hydrogens is 416 g/mol. The van der Waals surface area contributed by atoms with Crippen LogP contribution in [0.3, 0.4) is 0 Å². The maximum absolute atomic E-state index is 11.3. The van der Waals surface area contributed by atoms with Crippen LogP contribution in [0.25, 0.3) is 0 Å². The molecule has 0 atom stereocenters. The fourth-order valence-corrected chi connectivity index (χ4v) is 3.95. The molecule has 2 amide bonds. The topological polar surface area (TPSA) is 128 Å². The lowest BCUT2D eigenvalue weighted by molar-refractivity contribution is -0.385. The zero-order valence-electron chi connectivity index (χ0n) is 18.5. The molecule has 2 aliphatic heterocycles. The predicted octanol–water partition coefficient (Wildman–Crippen LogP) is 2.61. The summed E-state index contributed by atoms with van der Waals surface area (Å²) in [5.41, 5.74) is 10.2. The summed E-state index contributed by atoms with van der Waals surface area (Å²) in [4.78, 5) is 36.3. The van der Waals surface area contributed by atoms with Gasteiger partial charge < -0.3 is 25.0 Å². The molecule has 2 heterocycles. The van der Waals surface area contributed by atoms with E-state index in [-0.39, 0.29) is 23.3 Å². The van der Waals surface area contributed by atoms with Gasteiger partial charge in [0.05, 0.1) is 37.9 Å². The van der Waals surface area contributed by atoms with E-state index in [0.717, 1.165) is 22.3 Å². The lowest BCUT2D eigenvalue weighted by atomic mass is 10.1. The molecule has 0 saturated heterocycles. The number of nitrogens with two attached hydrogens (primary N) is 1. The number of carbonyl (C=O) groups is 2. The number of methoxy groups -OCH3 is 2. The van der Waals surface area contributed by atoms with Gasteiger partial charge in [-0.2, -0.15) is 0 Å². The molecule has 4 rings (SSSR count). The summed E-state index contributed by atoms with van der Waals surface area (Å²) in [7, 11) is 3.00. The number of fused-ring (bicyclic) bond motifs is 2. The van der Waals surface area contributed by atoms with Crippen molar-refractivity contribution in [1.82, 2.24) is 9.80 Å². The van der Waals surface area contributed by atoms with Crippen LogP contribution in [0.1, 0.15) is 36.1 Å². The first kappa shape index (κ1) is 22.9. The van der Waals surface area contributed by atoms with Gasteiger partial charge in [0.15, 0.2) is 0 Å². The van der Waals surface area contributed by atoms with Crippen LogP contribution >= 0.6 is 0 Å². The molecule has 170 valence electrons. The third-order valence-corrected chi connectivity index (χ3v) is 5.64. The molecule has 32 heavy (non-hydrogen) atoms. The first-order chi connectivity index (χ1) is 15.2. The molecule has 10 heteroatoms. The zero-order valence-corrected chi connectivity index (χ0v) is 18.5. The maximum Gasteiger partial charge on any atom is 0.311 e. The van der Waals surface area contributed by atoms with Crippen LogP contribution in [-0.2, 0) is 35.8 Å². The minimum absolute atomic E-state index is 0.0501. The van der Waals surface area contributed by atoms with Crippen molar-refractivity contribution in [3.05, 3.63) is 56.6 Å². The van der Waals surface area contributed by atoms with E-state index in [1.807, 2.05) is 12.1 Å². The van der Waals surface area contributed by atoms with Crippen molar-refractivity contribution in [2.75, 3.05) is 20.0 Å². The SMILES string of the molecule is COc1c(N)ccc2c1CN(C(C)=O)C2.COc1c([N+](=O)[O-])ccc2c1CN(C(C)=O)C2. The molecule has 2 aromatic rings. The fraction of sp³-hybridized carbons (Fsp3) is 0.364. The van der Waals surface area contributed by atoms with Crippen molar-refractivity contribution >= 4 is 23.2 Å². The number of nitro benzene ring substituents is 1. The highest BCUT2D eigenvalue weighted by atomic mass is 16.6. The van der Waals surface area contributed by atoms with E-state index in [9.17, 15) is 19.7 Å². The number of hydrogen-bond acceptors (Lipinski definition) is 7. The van der Waals surface area contributed by atoms with Crippen LogP contribution in [0, 0.1) is 10.1 Å². The highest BCUT2D eigenvalue weighted by molar-refractivity contribution is 5.75. The molecule has 0 bridgehead atoms. The molecule has 2 N–H and O–H groups in total. The average Bonchev–Trinajstić information content (AvgIpc) is 3.38. The quantitative estimate of drug-likeness (QED) is 0.439. The lowest BCUT2D eigenvalue weighted by Gasteiger charge is -2.12. The van der Waals surface area contributed by atoms with Gasteiger partial charge in [-0.3, -0.25) is 19.7 Å². The summed E-state index contributed by atoms with van der Waals surface area (Å²) in [6.45, 7) is 5.16. The number of hydrogen-bond donors (Lipinski definition) is 1. The third-order valence-electron chi connectivity index (χ3n) is 5.64. The van der Waals surface area contributed by atoms with Gasteiger partial charge in [0.2, 0.25) is 17.6 Å². The largest absolute Gasteiger partial charge is 0.494 e. The van der Waals surface area contributed by atoms with E-state index in [2.05, 4.69) is 0 Å². The van der Waals surface area contributed by atoms with Gasteiger partial charge in [-0.1, -0.05) is 6.07 Å². The summed E-state index contributed by atoms with van der Waals surface area (Å²) in [5, 5.41) is 10.8. The molecule has 0 saturated carbocycles. The third kappa shape index (κ3) is 4.29. The van der Waals surface area contributed by atoms with Crippen molar-refractivity contribution < 1.29 is 24.0 Å². The minimum Gasteiger partial charge on any atom is -0.494 e. The molecule has 0 radical (unpaired) electrons. The van der Waals surface area contributed by atoms with Gasteiger partial charge >= 0.3 is 5.69 Å². The number of nitrogen functional groups attached to an aromatic ring is 1. The van der Waals surface area contributed by atoms with Crippen molar-refractivity contribution in [3.8, 4) is 11.5 Å². The van der Waals surface area contributed by atoms with E-state index < -0.39 is 4.92 Å². The minimum atomic E-state index is -0.477. The average molecular weight is 442 g/mol. The Morgan fingerprint density at radius 3 is 1.78 bits per heavy atom. The molecule has 10 nitrogen and oxygen atoms in total. The predicted molar refractivity (Wildman–Crippen MR) is 117 cm³/mol. The van der Waals surface area contributed by atoms with Crippen LogP contribution in [0.2, 0.25) is 0 Å². The van der Waals surface area contributed by atoms with Gasteiger partial charge in [0.1, 0.15) is 5.75 Å². The number of nitro groups is 1. The molecule has 2 aliphatic rings. The first-order valence-electron chi connectivity index (χ1n) is 9.96. The molecule has 2 aromatic carbocycles. The summed E-state index contributed by atoms with van der Waals surface area (Å²) < 4.78 is 10.4. The number of ether oxygens (including phenoxy) is 2. The second-order valence-corrected chi connectivity index (χ2v) is 7.59. The number of carbonyl (C=O) groups excluding carboxylic acids is 2. The number of rotatable bonds is 3. The van der Waals surface area contributed by atoms with Crippen molar-refractivity contribution in [2.45, 2.75) is 40.0 Å². The number of benzene rings is 2. The summed E-state index contributed by atoms with van der Waals surface area (Å²) in [5.74, 6) is 0.991. The van der Waals surface area contributed by atoms with Crippen LogP contribution in [-0.4, -0.2) is 40.8 Å². The Labute approximate surface area is 185 Å². The van der Waals surface area contributed by atoms with Gasteiger partial charge in [-0.15, -0.1) is 0 Å². The zero-order chi connectivity index (χ0) is 23.6. The van der Waals surface area contributed by atoms with Gasteiger partial charge in [0, 0.05) is 44.1 Å². The summed E-state index contributed by atoms with van der Waals surface area (Å²) in [6.07, 6.45) is 0. The highest BCUT2D eigenvalue weighted by Gasteiger charge is 2.29. The Morgan fingerprint density at radius 2 is 1.34 bits per heavy atom. The van der Waals surface area contributed by atoms with Crippen molar-refractivity contribution in [1.29, 1.82) is 0 Å². The van der Waals surface area contributed by atoms with E-state index in [0.29, 0.717) is 37.6 Å². The van der Waals surface area contributed by atoms with E-state index in [4.69, 9.17) is 15.2 Å². The second-order valence-electron chi connectivity index (χ2n) is 7.59. The second kappa shape index (κ2) is 9.13. The normalized spacial score (nSPS) is 13.6. The Balaban J connectivity index is 0.000000182. The van der Waals surface area contributed by atoms with Crippen LogP contribution in [0.4, 0.5) is 11.4 Å². The standard InChI is InChI=1S/C11H12N2O4.C11H14N2O2/c1-7(14)12-5-8-3-4-10(13(15)16)11(17-2)9(8)6-12;1-7(14)13-5-8-3-4-10(12)11(15-2)9(8)6-13/h3-4H,5-6H2,1-2H3;3-4H,5-6,12H2,1-2H3. The molecule has 0 fully saturated rings. The maximum atomic E-state index is 11.3.